The summed E-state index contributed by atoms with van der Waals surface area (Å²) in [5.41, 5.74) is -1.01. The molecule has 0 aliphatic rings. The molecule has 0 unspecified atom stereocenters. The van der Waals surface area contributed by atoms with Crippen LogP contribution >= 0.6 is 11.6 Å². The van der Waals surface area contributed by atoms with E-state index in [1.54, 1.807) is 18.2 Å². The van der Waals surface area contributed by atoms with Gasteiger partial charge in [-0.2, -0.15) is 17.6 Å². The highest BCUT2D eigenvalue weighted by molar-refractivity contribution is 6.30. The highest BCUT2D eigenvalue weighted by Crippen LogP contribution is 2.33. The number of pyridine rings is 2. The Morgan fingerprint density at radius 1 is 1.10 bits per heavy atom. The molecule has 0 radical (unpaired) electrons. The first-order chi connectivity index (χ1) is 13.7. The van der Waals surface area contributed by atoms with Crippen molar-refractivity contribution in [2.45, 2.75) is 12.7 Å². The van der Waals surface area contributed by atoms with Gasteiger partial charge in [-0.3, -0.25) is 4.79 Å². The van der Waals surface area contributed by atoms with Crippen LogP contribution in [0.3, 0.4) is 0 Å². The summed E-state index contributed by atoms with van der Waals surface area (Å²) >= 11 is 5.86. The average molecular weight is 425 g/mol. The van der Waals surface area contributed by atoms with Crippen molar-refractivity contribution in [1.82, 2.24) is 15.3 Å². The number of hydrogen-bond donors (Lipinski definition) is 2. The number of anilines is 2. The van der Waals surface area contributed by atoms with Gasteiger partial charge in [-0.25, -0.2) is 9.97 Å². The van der Waals surface area contributed by atoms with Crippen LogP contribution in [0.2, 0.25) is 5.02 Å². The summed E-state index contributed by atoms with van der Waals surface area (Å²) in [6.45, 7) is -0.169. The topological polar surface area (TPSA) is 66.9 Å². The van der Waals surface area contributed by atoms with Gasteiger partial charge in [0.25, 0.3) is 5.91 Å². The lowest BCUT2D eigenvalue weighted by Crippen LogP contribution is -2.26. The minimum absolute atomic E-state index is 0.104. The van der Waals surface area contributed by atoms with Crippen LogP contribution in [0.5, 0.6) is 0 Å². The zero-order valence-electron chi connectivity index (χ0n) is 14.6. The Hall–Kier alpha value is -3.20. The Balaban J connectivity index is 1.83. The molecule has 3 rings (SSSR count). The van der Waals surface area contributed by atoms with E-state index in [1.807, 2.05) is 0 Å². The fourth-order valence-electron chi connectivity index (χ4n) is 2.48. The van der Waals surface area contributed by atoms with Gasteiger partial charge in [0.1, 0.15) is 5.82 Å². The third kappa shape index (κ3) is 5.41. The Bertz CT molecular complexity index is 1040. The van der Waals surface area contributed by atoms with Crippen molar-refractivity contribution in [3.05, 3.63) is 82.5 Å². The van der Waals surface area contributed by atoms with Crippen molar-refractivity contribution in [2.75, 3.05) is 5.32 Å². The fraction of sp³-hybridized carbons (Fsp3) is 0.105. The van der Waals surface area contributed by atoms with Crippen molar-refractivity contribution >= 4 is 29.0 Å². The molecular formula is C19H13ClF4N4O. The molecule has 5 nitrogen and oxygen atoms in total. The molecule has 0 saturated heterocycles. The van der Waals surface area contributed by atoms with Gasteiger partial charge in [0.2, 0.25) is 5.95 Å². The maximum atomic E-state index is 13.5. The van der Waals surface area contributed by atoms with Gasteiger partial charge < -0.3 is 10.6 Å². The number of halogens is 5. The predicted molar refractivity (Wildman–Crippen MR) is 99.3 cm³/mol. The van der Waals surface area contributed by atoms with Crippen molar-refractivity contribution in [1.29, 1.82) is 0 Å². The molecule has 0 saturated carbocycles. The quantitative estimate of drug-likeness (QED) is 0.448. The summed E-state index contributed by atoms with van der Waals surface area (Å²) in [6.07, 6.45) is -2.77. The zero-order valence-corrected chi connectivity index (χ0v) is 15.4. The van der Waals surface area contributed by atoms with Gasteiger partial charge >= 0.3 is 6.18 Å². The molecule has 10 heteroatoms. The molecule has 150 valence electrons. The summed E-state index contributed by atoms with van der Waals surface area (Å²) in [6, 6.07) is 9.61. The van der Waals surface area contributed by atoms with E-state index in [2.05, 4.69) is 20.6 Å². The van der Waals surface area contributed by atoms with Crippen LogP contribution in [-0.2, 0) is 12.7 Å². The number of benzene rings is 1. The third-order valence-corrected chi connectivity index (χ3v) is 4.03. The van der Waals surface area contributed by atoms with Gasteiger partial charge in [-0.1, -0.05) is 17.7 Å². The standard InChI is InChI=1S/C19H13ClF4N4O/c20-12-2-1-3-13(7-12)28-17-8-15(19(22,23)24)14(10-26-17)18(29)27-9-11-4-5-25-16(21)6-11/h1-8,10H,9H2,(H,26,28)(H,27,29). The first-order valence-electron chi connectivity index (χ1n) is 8.21. The van der Waals surface area contributed by atoms with Crippen LogP contribution in [0, 0.1) is 5.95 Å². The van der Waals surface area contributed by atoms with Gasteiger partial charge in [-0.15, -0.1) is 0 Å². The molecule has 3 aromatic rings. The molecule has 2 N–H and O–H groups in total. The third-order valence-electron chi connectivity index (χ3n) is 3.80. The normalized spacial score (nSPS) is 11.2. The molecule has 1 amide bonds. The number of carbonyl (C=O) groups is 1. The number of hydrogen-bond acceptors (Lipinski definition) is 4. The maximum absolute atomic E-state index is 13.5. The highest BCUT2D eigenvalue weighted by Gasteiger charge is 2.36. The van der Waals surface area contributed by atoms with Crippen molar-refractivity contribution in [3.63, 3.8) is 0 Å². The highest BCUT2D eigenvalue weighted by atomic mass is 35.5. The lowest BCUT2D eigenvalue weighted by Gasteiger charge is -2.15. The number of alkyl halides is 3. The molecule has 0 aliphatic heterocycles. The molecule has 29 heavy (non-hydrogen) atoms. The number of aromatic nitrogens is 2. The van der Waals surface area contributed by atoms with Gasteiger partial charge in [-0.05, 0) is 42.0 Å². The molecule has 0 fully saturated rings. The number of rotatable bonds is 5. The number of carbonyl (C=O) groups excluding carboxylic acids is 1. The SMILES string of the molecule is O=C(NCc1ccnc(F)c1)c1cnc(Nc2cccc(Cl)c2)cc1C(F)(F)F. The number of nitrogens with one attached hydrogen (secondary N) is 2. The second kappa shape index (κ2) is 8.44. The minimum Gasteiger partial charge on any atom is -0.348 e. The van der Waals surface area contributed by atoms with Crippen LogP contribution in [0.15, 0.2) is 54.9 Å². The second-order valence-corrected chi connectivity index (χ2v) is 6.35. The summed E-state index contributed by atoms with van der Waals surface area (Å²) in [5.74, 6) is -1.85. The Morgan fingerprint density at radius 2 is 1.90 bits per heavy atom. The van der Waals surface area contributed by atoms with E-state index in [1.165, 1.54) is 18.3 Å². The Labute approximate surface area is 167 Å². The second-order valence-electron chi connectivity index (χ2n) is 5.92. The number of nitrogens with zero attached hydrogens (tertiary/aromatic N) is 2. The van der Waals surface area contributed by atoms with Crippen LogP contribution in [0.1, 0.15) is 21.5 Å². The largest absolute Gasteiger partial charge is 0.417 e. The number of amides is 1. The smallest absolute Gasteiger partial charge is 0.348 e. The Kier molecular flexibility index (Phi) is 5.97. The van der Waals surface area contributed by atoms with E-state index in [9.17, 15) is 22.4 Å². The van der Waals surface area contributed by atoms with Crippen molar-refractivity contribution in [2.24, 2.45) is 0 Å². The molecule has 2 aromatic heterocycles. The fourth-order valence-corrected chi connectivity index (χ4v) is 2.67. The molecule has 0 aliphatic carbocycles. The molecule has 0 atom stereocenters. The van der Waals surface area contributed by atoms with Crippen molar-refractivity contribution in [3.8, 4) is 0 Å². The lowest BCUT2D eigenvalue weighted by atomic mass is 10.1. The van der Waals surface area contributed by atoms with E-state index < -0.39 is 29.2 Å². The van der Waals surface area contributed by atoms with Crippen LogP contribution in [0.25, 0.3) is 0 Å². The van der Waals surface area contributed by atoms with Gasteiger partial charge in [0, 0.05) is 29.6 Å². The van der Waals surface area contributed by atoms with Crippen LogP contribution < -0.4 is 10.6 Å². The molecular weight excluding hydrogens is 412 g/mol. The lowest BCUT2D eigenvalue weighted by molar-refractivity contribution is -0.137. The predicted octanol–water partition coefficient (Wildman–Crippen LogP) is 4.96. The monoisotopic (exact) mass is 424 g/mol. The minimum atomic E-state index is -4.79. The summed E-state index contributed by atoms with van der Waals surface area (Å²) in [5, 5.41) is 5.43. The van der Waals surface area contributed by atoms with Crippen LogP contribution in [-0.4, -0.2) is 15.9 Å². The van der Waals surface area contributed by atoms with Gasteiger partial charge in [0.05, 0.1) is 11.1 Å². The van der Waals surface area contributed by atoms with E-state index in [0.29, 0.717) is 16.3 Å². The summed E-state index contributed by atoms with van der Waals surface area (Å²) < 4.78 is 53.6. The summed E-state index contributed by atoms with van der Waals surface area (Å²) in [7, 11) is 0. The molecule has 0 bridgehead atoms. The molecule has 1 aromatic carbocycles. The van der Waals surface area contributed by atoms with E-state index in [-0.39, 0.29) is 12.4 Å². The summed E-state index contributed by atoms with van der Waals surface area (Å²) in [4.78, 5) is 19.5. The average Bonchev–Trinajstić information content (AvgIpc) is 2.65. The van der Waals surface area contributed by atoms with E-state index in [0.717, 1.165) is 18.3 Å². The molecule has 2 heterocycles. The van der Waals surface area contributed by atoms with Crippen molar-refractivity contribution < 1.29 is 22.4 Å². The van der Waals surface area contributed by atoms with Crippen LogP contribution in [0.4, 0.5) is 29.1 Å². The van der Waals surface area contributed by atoms with Gasteiger partial charge in [0.15, 0.2) is 0 Å². The first-order valence-corrected chi connectivity index (χ1v) is 8.58. The maximum Gasteiger partial charge on any atom is 0.417 e. The first kappa shape index (κ1) is 20.5. The Morgan fingerprint density at radius 3 is 2.59 bits per heavy atom. The van der Waals surface area contributed by atoms with E-state index in [4.69, 9.17) is 11.6 Å². The van der Waals surface area contributed by atoms with E-state index >= 15 is 0 Å². The molecule has 0 spiro atoms. The zero-order chi connectivity index (χ0) is 21.0.